The molecule has 0 fully saturated rings. The first kappa shape index (κ1) is 25.3. The van der Waals surface area contributed by atoms with Crippen molar-refractivity contribution in [3.63, 3.8) is 0 Å². The molecule has 0 spiro atoms. The van der Waals surface area contributed by atoms with E-state index in [0.29, 0.717) is 30.3 Å². The van der Waals surface area contributed by atoms with Gasteiger partial charge in [-0.2, -0.15) is 0 Å². The number of carbonyl (C=O) groups is 2. The van der Waals surface area contributed by atoms with E-state index in [-0.39, 0.29) is 17.7 Å². The SMILES string of the molecule is COc1ccccc1CNC(=O)[C@@H](Cc1ccccc1)N(Cc1ccc(Cl)cc1)C(=O)C(C)C. The fourth-order valence-corrected chi connectivity index (χ4v) is 3.92. The van der Waals surface area contributed by atoms with Gasteiger partial charge in [-0.3, -0.25) is 9.59 Å². The average molecular weight is 479 g/mol. The molecule has 6 heteroatoms. The first-order valence-corrected chi connectivity index (χ1v) is 11.7. The predicted octanol–water partition coefficient (Wildman–Crippen LogP) is 5.26. The smallest absolute Gasteiger partial charge is 0.243 e. The second-order valence-electron chi connectivity index (χ2n) is 8.48. The second-order valence-corrected chi connectivity index (χ2v) is 8.92. The number of methoxy groups -OCH3 is 1. The maximum atomic E-state index is 13.6. The zero-order valence-corrected chi connectivity index (χ0v) is 20.6. The van der Waals surface area contributed by atoms with Crippen LogP contribution < -0.4 is 10.1 Å². The number of para-hydroxylation sites is 1. The van der Waals surface area contributed by atoms with Crippen LogP contribution in [0.5, 0.6) is 5.75 Å². The Morgan fingerprint density at radius 3 is 2.21 bits per heavy atom. The van der Waals surface area contributed by atoms with Gasteiger partial charge in [-0.25, -0.2) is 0 Å². The molecule has 0 bridgehead atoms. The van der Waals surface area contributed by atoms with Crippen LogP contribution in [0, 0.1) is 5.92 Å². The van der Waals surface area contributed by atoms with Gasteiger partial charge in [-0.05, 0) is 29.3 Å². The predicted molar refractivity (Wildman–Crippen MR) is 136 cm³/mol. The van der Waals surface area contributed by atoms with E-state index in [1.165, 1.54) is 0 Å². The Morgan fingerprint density at radius 2 is 1.56 bits per heavy atom. The highest BCUT2D eigenvalue weighted by Gasteiger charge is 2.31. The molecule has 0 aliphatic heterocycles. The van der Waals surface area contributed by atoms with Crippen molar-refractivity contribution in [2.75, 3.05) is 7.11 Å². The van der Waals surface area contributed by atoms with Crippen molar-refractivity contribution in [1.82, 2.24) is 10.2 Å². The van der Waals surface area contributed by atoms with Gasteiger partial charge in [-0.1, -0.05) is 86.1 Å². The number of benzene rings is 3. The number of nitrogens with zero attached hydrogens (tertiary/aromatic N) is 1. The van der Waals surface area contributed by atoms with Crippen LogP contribution in [0.1, 0.15) is 30.5 Å². The van der Waals surface area contributed by atoms with Crippen molar-refractivity contribution in [3.05, 3.63) is 101 Å². The van der Waals surface area contributed by atoms with E-state index in [9.17, 15) is 9.59 Å². The van der Waals surface area contributed by atoms with Gasteiger partial charge in [0.2, 0.25) is 11.8 Å². The van der Waals surface area contributed by atoms with Crippen LogP contribution in [0.2, 0.25) is 5.02 Å². The van der Waals surface area contributed by atoms with E-state index in [1.807, 2.05) is 80.6 Å². The minimum absolute atomic E-state index is 0.0803. The summed E-state index contributed by atoms with van der Waals surface area (Å²) in [4.78, 5) is 28.6. The van der Waals surface area contributed by atoms with Crippen LogP contribution >= 0.6 is 11.6 Å². The minimum atomic E-state index is -0.678. The van der Waals surface area contributed by atoms with E-state index < -0.39 is 6.04 Å². The van der Waals surface area contributed by atoms with Crippen molar-refractivity contribution >= 4 is 23.4 Å². The maximum absolute atomic E-state index is 13.6. The molecule has 1 N–H and O–H groups in total. The lowest BCUT2D eigenvalue weighted by molar-refractivity contribution is -0.143. The van der Waals surface area contributed by atoms with E-state index in [2.05, 4.69) is 5.32 Å². The highest BCUT2D eigenvalue weighted by Crippen LogP contribution is 2.20. The third-order valence-corrected chi connectivity index (χ3v) is 5.89. The van der Waals surface area contributed by atoms with E-state index in [4.69, 9.17) is 16.3 Å². The van der Waals surface area contributed by atoms with E-state index in [1.54, 1.807) is 24.1 Å². The van der Waals surface area contributed by atoms with Gasteiger partial charge in [0.1, 0.15) is 11.8 Å². The Labute approximate surface area is 206 Å². The molecule has 0 aliphatic rings. The van der Waals surface area contributed by atoms with Gasteiger partial charge in [-0.15, -0.1) is 0 Å². The lowest BCUT2D eigenvalue weighted by atomic mass is 10.0. The summed E-state index contributed by atoms with van der Waals surface area (Å²) in [5, 5.41) is 3.66. The van der Waals surface area contributed by atoms with Gasteiger partial charge in [0.05, 0.1) is 7.11 Å². The van der Waals surface area contributed by atoms with Crippen LogP contribution in [0.4, 0.5) is 0 Å². The molecule has 0 heterocycles. The van der Waals surface area contributed by atoms with Crippen LogP contribution in [-0.2, 0) is 29.1 Å². The summed E-state index contributed by atoms with van der Waals surface area (Å²) in [5.41, 5.74) is 2.77. The first-order chi connectivity index (χ1) is 16.4. The fourth-order valence-electron chi connectivity index (χ4n) is 3.79. The third-order valence-electron chi connectivity index (χ3n) is 5.64. The fraction of sp³-hybridized carbons (Fsp3) is 0.286. The summed E-state index contributed by atoms with van der Waals surface area (Å²) in [6.45, 7) is 4.32. The van der Waals surface area contributed by atoms with Gasteiger partial charge in [0.15, 0.2) is 0 Å². The van der Waals surface area contributed by atoms with Crippen molar-refractivity contribution in [3.8, 4) is 5.75 Å². The average Bonchev–Trinajstić information content (AvgIpc) is 2.86. The van der Waals surface area contributed by atoms with Gasteiger partial charge in [0.25, 0.3) is 0 Å². The molecule has 0 aromatic heterocycles. The molecule has 178 valence electrons. The lowest BCUT2D eigenvalue weighted by Gasteiger charge is -2.33. The number of carbonyl (C=O) groups excluding carboxylic acids is 2. The second kappa shape index (κ2) is 12.2. The molecule has 0 saturated carbocycles. The van der Waals surface area contributed by atoms with E-state index in [0.717, 1.165) is 16.7 Å². The molecule has 3 aromatic carbocycles. The number of nitrogens with one attached hydrogen (secondary N) is 1. The summed E-state index contributed by atoms with van der Waals surface area (Å²) in [6.07, 6.45) is 0.407. The number of rotatable bonds is 10. The zero-order chi connectivity index (χ0) is 24.5. The molecule has 0 unspecified atom stereocenters. The molecule has 0 aliphatic carbocycles. The molecule has 3 aromatic rings. The molecule has 1 atom stereocenters. The first-order valence-electron chi connectivity index (χ1n) is 11.4. The number of amides is 2. The number of ether oxygens (including phenoxy) is 1. The van der Waals surface area contributed by atoms with Crippen LogP contribution in [-0.4, -0.2) is 29.9 Å². The normalized spacial score (nSPS) is 11.7. The van der Waals surface area contributed by atoms with Crippen molar-refractivity contribution in [2.24, 2.45) is 5.92 Å². The Kier molecular flexibility index (Phi) is 9.11. The Hall–Kier alpha value is -3.31. The van der Waals surface area contributed by atoms with Crippen LogP contribution in [0.3, 0.4) is 0 Å². The molecule has 0 radical (unpaired) electrons. The van der Waals surface area contributed by atoms with Crippen LogP contribution in [0.15, 0.2) is 78.9 Å². The standard InChI is InChI=1S/C28H31ClN2O3/c1-20(2)28(33)31(19-22-13-15-24(29)16-14-22)25(17-21-9-5-4-6-10-21)27(32)30-18-23-11-7-8-12-26(23)34-3/h4-16,20,25H,17-19H2,1-3H3,(H,30,32)/t25-/m1/s1. The molecule has 0 saturated heterocycles. The monoisotopic (exact) mass is 478 g/mol. The summed E-state index contributed by atoms with van der Waals surface area (Å²) in [6, 6.07) is 24.0. The Balaban J connectivity index is 1.90. The molecule has 3 rings (SSSR count). The summed E-state index contributed by atoms with van der Waals surface area (Å²) in [7, 11) is 1.61. The van der Waals surface area contributed by atoms with E-state index >= 15 is 0 Å². The Morgan fingerprint density at radius 1 is 0.912 bits per heavy atom. The number of hydrogen-bond donors (Lipinski definition) is 1. The highest BCUT2D eigenvalue weighted by molar-refractivity contribution is 6.30. The summed E-state index contributed by atoms with van der Waals surface area (Å²) in [5.74, 6) is 0.160. The molecule has 34 heavy (non-hydrogen) atoms. The molecule has 5 nitrogen and oxygen atoms in total. The molecule has 2 amide bonds. The largest absolute Gasteiger partial charge is 0.496 e. The van der Waals surface area contributed by atoms with Gasteiger partial charge < -0.3 is 15.0 Å². The highest BCUT2D eigenvalue weighted by atomic mass is 35.5. The third kappa shape index (κ3) is 6.84. The molecular formula is C28H31ClN2O3. The van der Waals surface area contributed by atoms with Crippen molar-refractivity contribution < 1.29 is 14.3 Å². The topological polar surface area (TPSA) is 58.6 Å². The number of halogens is 1. The van der Waals surface area contributed by atoms with Crippen molar-refractivity contribution in [1.29, 1.82) is 0 Å². The van der Waals surface area contributed by atoms with Gasteiger partial charge >= 0.3 is 0 Å². The van der Waals surface area contributed by atoms with Crippen LogP contribution in [0.25, 0.3) is 0 Å². The summed E-state index contributed by atoms with van der Waals surface area (Å²) >= 11 is 6.05. The quantitative estimate of drug-likeness (QED) is 0.432. The summed E-state index contributed by atoms with van der Waals surface area (Å²) < 4.78 is 5.41. The minimum Gasteiger partial charge on any atom is -0.496 e. The maximum Gasteiger partial charge on any atom is 0.243 e. The molecular weight excluding hydrogens is 448 g/mol. The lowest BCUT2D eigenvalue weighted by Crippen LogP contribution is -2.51. The Bertz CT molecular complexity index is 1080. The van der Waals surface area contributed by atoms with Crippen molar-refractivity contribution in [2.45, 2.75) is 39.4 Å². The number of hydrogen-bond acceptors (Lipinski definition) is 3. The zero-order valence-electron chi connectivity index (χ0n) is 19.8. The van der Waals surface area contributed by atoms with Gasteiger partial charge in [0, 0.05) is 36.0 Å².